The molecule has 0 aliphatic carbocycles. The third-order valence-electron chi connectivity index (χ3n) is 5.73. The van der Waals surface area contributed by atoms with Gasteiger partial charge in [-0.05, 0) is 61.7 Å². The van der Waals surface area contributed by atoms with Gasteiger partial charge in [0.25, 0.3) is 10.0 Å². The smallest absolute Gasteiger partial charge is 0.264 e. The van der Waals surface area contributed by atoms with Crippen molar-refractivity contribution in [3.05, 3.63) is 89.5 Å². The predicted molar refractivity (Wildman–Crippen MR) is 138 cm³/mol. The molecule has 1 amide bonds. The lowest BCUT2D eigenvalue weighted by molar-refractivity contribution is -0.120. The first-order valence-corrected chi connectivity index (χ1v) is 14.5. The summed E-state index contributed by atoms with van der Waals surface area (Å²) in [5.74, 6) is -0.469. The minimum absolute atomic E-state index is 0.0996. The minimum atomic E-state index is -4.01. The molecule has 3 rings (SSSR count). The minimum Gasteiger partial charge on any atom is -0.348 e. The zero-order chi connectivity index (χ0) is 25.8. The molecule has 1 N–H and O–H groups in total. The van der Waals surface area contributed by atoms with E-state index in [-0.39, 0.29) is 9.79 Å². The lowest BCUT2D eigenvalue weighted by Gasteiger charge is -2.27. The van der Waals surface area contributed by atoms with Crippen LogP contribution in [0.5, 0.6) is 0 Å². The summed E-state index contributed by atoms with van der Waals surface area (Å²) in [5, 5.41) is 2.90. The van der Waals surface area contributed by atoms with Gasteiger partial charge in [-0.3, -0.25) is 9.10 Å². The summed E-state index contributed by atoms with van der Waals surface area (Å²) in [6.45, 7) is 5.15. The van der Waals surface area contributed by atoms with E-state index in [4.69, 9.17) is 0 Å². The number of para-hydroxylation sites is 1. The Bertz CT molecular complexity index is 1400. The van der Waals surface area contributed by atoms with E-state index in [0.717, 1.165) is 27.3 Å². The van der Waals surface area contributed by atoms with E-state index in [1.807, 2.05) is 19.9 Å². The van der Waals surface area contributed by atoms with E-state index < -0.39 is 38.4 Å². The van der Waals surface area contributed by atoms with Crippen molar-refractivity contribution in [3.8, 4) is 0 Å². The molecule has 0 spiro atoms. The lowest BCUT2D eigenvalue weighted by Crippen LogP contribution is -2.42. The van der Waals surface area contributed by atoms with Crippen LogP contribution in [0.15, 0.2) is 82.6 Å². The van der Waals surface area contributed by atoms with E-state index >= 15 is 0 Å². The molecule has 0 radical (unpaired) electrons. The summed E-state index contributed by atoms with van der Waals surface area (Å²) in [7, 11) is -7.34. The van der Waals surface area contributed by atoms with Gasteiger partial charge in [-0.2, -0.15) is 0 Å². The molecular formula is C26H30N2O5S2. The maximum Gasteiger partial charge on any atom is 0.264 e. The zero-order valence-electron chi connectivity index (χ0n) is 20.2. The zero-order valence-corrected chi connectivity index (χ0v) is 21.9. The van der Waals surface area contributed by atoms with Crippen LogP contribution in [-0.4, -0.2) is 35.5 Å². The molecule has 7 nitrogen and oxygen atoms in total. The summed E-state index contributed by atoms with van der Waals surface area (Å²) in [6, 6.07) is 19.4. The summed E-state index contributed by atoms with van der Waals surface area (Å²) < 4.78 is 51.8. The first kappa shape index (κ1) is 26.4. The number of hydrogen-bond donors (Lipinski definition) is 1. The molecule has 0 fully saturated rings. The molecule has 0 aliphatic rings. The molecule has 3 aromatic carbocycles. The van der Waals surface area contributed by atoms with Gasteiger partial charge in [0.2, 0.25) is 5.91 Å². The Hall–Kier alpha value is -3.17. The highest BCUT2D eigenvalue weighted by Crippen LogP contribution is 2.27. The van der Waals surface area contributed by atoms with Gasteiger partial charge in [0, 0.05) is 6.26 Å². The van der Waals surface area contributed by atoms with E-state index in [1.165, 1.54) is 24.3 Å². The Morgan fingerprint density at radius 3 is 1.97 bits per heavy atom. The standard InChI is InChI=1S/C26H30N2O5S2/c1-5-24(21-12-16-22(17-13-21)34(4,30)31)27-26(29)18-28(25-9-7-6-8-20(25)3)35(32,33)23-14-10-19(2)11-15-23/h6-17,24H,5,18H2,1-4H3,(H,27,29). The predicted octanol–water partition coefficient (Wildman–Crippen LogP) is 4.17. The van der Waals surface area contributed by atoms with Crippen molar-refractivity contribution in [2.75, 3.05) is 17.1 Å². The van der Waals surface area contributed by atoms with Gasteiger partial charge in [-0.25, -0.2) is 16.8 Å². The fourth-order valence-electron chi connectivity index (χ4n) is 3.72. The third-order valence-corrected chi connectivity index (χ3v) is 8.64. The molecular weight excluding hydrogens is 484 g/mol. The summed E-state index contributed by atoms with van der Waals surface area (Å²) in [5.41, 5.74) is 2.81. The summed E-state index contributed by atoms with van der Waals surface area (Å²) in [6.07, 6.45) is 1.68. The topological polar surface area (TPSA) is 101 Å². The van der Waals surface area contributed by atoms with Gasteiger partial charge >= 0.3 is 0 Å². The molecule has 186 valence electrons. The molecule has 0 aromatic heterocycles. The Balaban J connectivity index is 1.90. The number of amides is 1. The number of nitrogens with one attached hydrogen (secondary N) is 1. The molecule has 0 saturated carbocycles. The van der Waals surface area contributed by atoms with Crippen molar-refractivity contribution >= 4 is 31.5 Å². The van der Waals surface area contributed by atoms with Gasteiger partial charge in [0.15, 0.2) is 9.84 Å². The van der Waals surface area contributed by atoms with Crippen LogP contribution in [0.1, 0.15) is 36.1 Å². The average molecular weight is 515 g/mol. The van der Waals surface area contributed by atoms with E-state index in [2.05, 4.69) is 5.32 Å². The van der Waals surface area contributed by atoms with Gasteiger partial charge in [-0.15, -0.1) is 0 Å². The monoisotopic (exact) mass is 514 g/mol. The highest BCUT2D eigenvalue weighted by molar-refractivity contribution is 7.93. The van der Waals surface area contributed by atoms with Crippen molar-refractivity contribution in [1.82, 2.24) is 5.32 Å². The molecule has 9 heteroatoms. The number of rotatable bonds is 9. The Morgan fingerprint density at radius 2 is 1.43 bits per heavy atom. The number of carbonyl (C=O) groups excluding carboxylic acids is 1. The van der Waals surface area contributed by atoms with Crippen LogP contribution in [0.4, 0.5) is 5.69 Å². The SMILES string of the molecule is CCC(NC(=O)CN(c1ccccc1C)S(=O)(=O)c1ccc(C)cc1)c1ccc(S(C)(=O)=O)cc1. The van der Waals surface area contributed by atoms with Crippen LogP contribution in [0.3, 0.4) is 0 Å². The Labute approximate surface area is 207 Å². The van der Waals surface area contributed by atoms with Crippen LogP contribution < -0.4 is 9.62 Å². The largest absolute Gasteiger partial charge is 0.348 e. The number of sulfonamides is 1. The van der Waals surface area contributed by atoms with Gasteiger partial charge in [0.1, 0.15) is 6.54 Å². The van der Waals surface area contributed by atoms with Crippen molar-refractivity contribution in [1.29, 1.82) is 0 Å². The number of anilines is 1. The van der Waals surface area contributed by atoms with Crippen molar-refractivity contribution in [2.45, 2.75) is 43.0 Å². The molecule has 0 bridgehead atoms. The second-order valence-electron chi connectivity index (χ2n) is 8.48. The Kier molecular flexibility index (Phi) is 8.02. The number of aryl methyl sites for hydroxylation is 2. The van der Waals surface area contributed by atoms with Gasteiger partial charge in [0.05, 0.1) is 21.5 Å². The second kappa shape index (κ2) is 10.6. The number of benzene rings is 3. The van der Waals surface area contributed by atoms with E-state index in [1.54, 1.807) is 49.4 Å². The van der Waals surface area contributed by atoms with Crippen LogP contribution in [-0.2, 0) is 24.7 Å². The number of carbonyl (C=O) groups is 1. The molecule has 1 unspecified atom stereocenters. The van der Waals surface area contributed by atoms with Crippen LogP contribution in [0.2, 0.25) is 0 Å². The first-order valence-electron chi connectivity index (χ1n) is 11.2. The van der Waals surface area contributed by atoms with Crippen molar-refractivity contribution < 1.29 is 21.6 Å². The number of hydrogen-bond acceptors (Lipinski definition) is 5. The molecule has 1 atom stereocenters. The van der Waals surface area contributed by atoms with Crippen LogP contribution >= 0.6 is 0 Å². The number of sulfone groups is 1. The molecule has 35 heavy (non-hydrogen) atoms. The second-order valence-corrected chi connectivity index (χ2v) is 12.4. The number of nitrogens with zero attached hydrogens (tertiary/aromatic N) is 1. The average Bonchev–Trinajstić information content (AvgIpc) is 2.81. The Morgan fingerprint density at radius 1 is 0.857 bits per heavy atom. The normalized spacial score (nSPS) is 12.7. The highest BCUT2D eigenvalue weighted by Gasteiger charge is 2.29. The maximum absolute atomic E-state index is 13.6. The molecule has 0 saturated heterocycles. The molecule has 0 aliphatic heterocycles. The summed E-state index contributed by atoms with van der Waals surface area (Å²) >= 11 is 0. The van der Waals surface area contributed by atoms with Crippen molar-refractivity contribution in [3.63, 3.8) is 0 Å². The van der Waals surface area contributed by atoms with Crippen molar-refractivity contribution in [2.24, 2.45) is 0 Å². The van der Waals surface area contributed by atoms with Gasteiger partial charge in [-0.1, -0.05) is 55.0 Å². The van der Waals surface area contributed by atoms with E-state index in [9.17, 15) is 21.6 Å². The van der Waals surface area contributed by atoms with Gasteiger partial charge < -0.3 is 5.32 Å². The highest BCUT2D eigenvalue weighted by atomic mass is 32.2. The molecule has 3 aromatic rings. The van der Waals surface area contributed by atoms with Crippen LogP contribution in [0.25, 0.3) is 0 Å². The summed E-state index contributed by atoms with van der Waals surface area (Å²) in [4.78, 5) is 13.4. The maximum atomic E-state index is 13.6. The molecule has 0 heterocycles. The fourth-order valence-corrected chi connectivity index (χ4v) is 5.84. The fraction of sp³-hybridized carbons (Fsp3) is 0.269. The first-order chi connectivity index (χ1) is 16.4. The third kappa shape index (κ3) is 6.29. The lowest BCUT2D eigenvalue weighted by atomic mass is 10.0. The van der Waals surface area contributed by atoms with E-state index in [0.29, 0.717) is 12.1 Å². The van der Waals surface area contributed by atoms with Crippen LogP contribution in [0, 0.1) is 13.8 Å². The quantitative estimate of drug-likeness (QED) is 0.462.